The number of rotatable bonds is 6. The smallest absolute Gasteiger partial charge is 0.367 e. The highest BCUT2D eigenvalue weighted by molar-refractivity contribution is 14.1. The number of imide groups is 1. The zero-order chi connectivity index (χ0) is 24.0. The molecular weight excluding hydrogens is 793 g/mol. The highest BCUT2D eigenvalue weighted by Gasteiger charge is 2.55. The molecule has 0 aliphatic heterocycles. The molecule has 2 saturated carbocycles. The molecule has 0 spiro atoms. The minimum absolute atomic E-state index is 0.232. The zero-order valence-electron chi connectivity index (χ0n) is 15.9. The average molecular weight is 808 g/mol. The van der Waals surface area contributed by atoms with Gasteiger partial charge in [-0.2, -0.15) is 8.78 Å². The summed E-state index contributed by atoms with van der Waals surface area (Å²) in [7, 11) is -6.01. The molecule has 0 radical (unpaired) electrons. The summed E-state index contributed by atoms with van der Waals surface area (Å²) in [5.41, 5.74) is 0.290. The molecule has 2 amide bonds. The van der Waals surface area contributed by atoms with Crippen molar-refractivity contribution in [2.75, 3.05) is 6.61 Å². The van der Waals surface area contributed by atoms with Gasteiger partial charge in [-0.15, -0.1) is 0 Å². The molecule has 4 atom stereocenters. The lowest BCUT2D eigenvalue weighted by atomic mass is 9.78. The van der Waals surface area contributed by atoms with Crippen LogP contribution in [0.25, 0.3) is 0 Å². The quantitative estimate of drug-likeness (QED) is 0.154. The molecule has 2 fully saturated rings. The van der Waals surface area contributed by atoms with Crippen molar-refractivity contribution in [3.05, 3.63) is 28.4 Å². The SMILES string of the molecule is O=C(NC(=O)C1C2CCC(C2)C1C(=O)OCC(F)(F)S(=O)(=O)[O-])c1cc(I)cc(I)c1I. The number of hydrogen-bond acceptors (Lipinski definition) is 7. The van der Waals surface area contributed by atoms with E-state index in [2.05, 4.69) is 32.6 Å². The Morgan fingerprint density at radius 3 is 2.31 bits per heavy atom. The molecule has 0 saturated heterocycles. The van der Waals surface area contributed by atoms with Crippen molar-refractivity contribution in [1.29, 1.82) is 0 Å². The first-order valence-electron chi connectivity index (χ1n) is 9.22. The molecule has 2 aliphatic rings. The Morgan fingerprint density at radius 1 is 1.12 bits per heavy atom. The number of esters is 1. The molecular formula is C18H15F2I3NO7S-. The van der Waals surface area contributed by atoms with Crippen molar-refractivity contribution < 1.29 is 40.9 Å². The van der Waals surface area contributed by atoms with Crippen LogP contribution in [0.5, 0.6) is 0 Å². The molecule has 1 aromatic carbocycles. The highest BCUT2D eigenvalue weighted by Crippen LogP contribution is 2.53. The van der Waals surface area contributed by atoms with Gasteiger partial charge in [-0.1, -0.05) is 0 Å². The number of ether oxygens (including phenoxy) is 1. The van der Waals surface area contributed by atoms with Gasteiger partial charge in [-0.25, -0.2) is 8.42 Å². The number of carbonyl (C=O) groups excluding carboxylic acids is 3. The van der Waals surface area contributed by atoms with Crippen molar-refractivity contribution in [3.8, 4) is 0 Å². The number of alkyl halides is 2. The molecule has 8 nitrogen and oxygen atoms in total. The average Bonchev–Trinajstić information content (AvgIpc) is 3.29. The van der Waals surface area contributed by atoms with Crippen molar-refractivity contribution >= 4 is 95.7 Å². The molecule has 32 heavy (non-hydrogen) atoms. The number of hydrogen-bond donors (Lipinski definition) is 1. The van der Waals surface area contributed by atoms with E-state index in [0.29, 0.717) is 22.8 Å². The Kier molecular flexibility index (Phi) is 8.09. The topological polar surface area (TPSA) is 130 Å². The predicted molar refractivity (Wildman–Crippen MR) is 130 cm³/mol. The first-order chi connectivity index (χ1) is 14.7. The number of carbonyl (C=O) groups is 3. The van der Waals surface area contributed by atoms with Crippen molar-refractivity contribution in [2.45, 2.75) is 24.5 Å². The summed E-state index contributed by atoms with van der Waals surface area (Å²) in [5.74, 6) is -5.14. The monoisotopic (exact) mass is 808 g/mol. The van der Waals surface area contributed by atoms with E-state index in [1.807, 2.05) is 51.2 Å². The van der Waals surface area contributed by atoms with E-state index in [9.17, 15) is 36.1 Å². The molecule has 176 valence electrons. The summed E-state index contributed by atoms with van der Waals surface area (Å²) in [5, 5.41) is -2.46. The van der Waals surface area contributed by atoms with Crippen LogP contribution in [0.3, 0.4) is 0 Å². The van der Waals surface area contributed by atoms with Crippen LogP contribution >= 0.6 is 67.8 Å². The van der Waals surface area contributed by atoms with E-state index in [4.69, 9.17) is 0 Å². The molecule has 2 bridgehead atoms. The predicted octanol–water partition coefficient (Wildman–Crippen LogP) is 3.10. The van der Waals surface area contributed by atoms with Crippen LogP contribution in [0.1, 0.15) is 29.6 Å². The minimum atomic E-state index is -6.01. The molecule has 1 N–H and O–H groups in total. The molecule has 4 unspecified atom stereocenters. The van der Waals surface area contributed by atoms with Gasteiger partial charge in [0.25, 0.3) is 5.91 Å². The van der Waals surface area contributed by atoms with Crippen molar-refractivity contribution in [1.82, 2.24) is 5.32 Å². The summed E-state index contributed by atoms with van der Waals surface area (Å²) in [6, 6.07) is 3.48. The van der Waals surface area contributed by atoms with E-state index >= 15 is 0 Å². The first kappa shape index (κ1) is 26.4. The normalized spacial score (nSPS) is 24.9. The van der Waals surface area contributed by atoms with Crippen LogP contribution in [0.15, 0.2) is 12.1 Å². The number of halogens is 5. The van der Waals surface area contributed by atoms with Crippen LogP contribution in [-0.2, 0) is 24.4 Å². The minimum Gasteiger partial charge on any atom is -0.743 e. The molecule has 1 aromatic rings. The zero-order valence-corrected chi connectivity index (χ0v) is 23.2. The third-order valence-corrected chi connectivity index (χ3v) is 10.2. The number of amides is 2. The first-order valence-corrected chi connectivity index (χ1v) is 13.9. The van der Waals surface area contributed by atoms with Gasteiger partial charge in [0.1, 0.15) is 0 Å². The van der Waals surface area contributed by atoms with Gasteiger partial charge in [0.05, 0.1) is 17.4 Å². The maximum Gasteiger partial charge on any atom is 0.367 e. The second-order valence-electron chi connectivity index (χ2n) is 7.65. The van der Waals surface area contributed by atoms with E-state index in [-0.39, 0.29) is 17.4 Å². The van der Waals surface area contributed by atoms with Crippen LogP contribution in [-0.4, -0.2) is 42.6 Å². The van der Waals surface area contributed by atoms with E-state index in [0.717, 1.165) is 7.14 Å². The lowest BCUT2D eigenvalue weighted by Gasteiger charge is -2.29. The summed E-state index contributed by atoms with van der Waals surface area (Å²) in [6.45, 7) is -1.92. The largest absolute Gasteiger partial charge is 0.743 e. The molecule has 0 aromatic heterocycles. The Balaban J connectivity index is 1.75. The Morgan fingerprint density at radius 2 is 1.72 bits per heavy atom. The summed E-state index contributed by atoms with van der Waals surface area (Å²) in [4.78, 5) is 38.2. The van der Waals surface area contributed by atoms with Crippen molar-refractivity contribution in [2.24, 2.45) is 23.7 Å². The van der Waals surface area contributed by atoms with E-state index in [1.165, 1.54) is 0 Å². The Labute approximate surface area is 223 Å². The standard InChI is InChI=1S/C18H16F2I3NO7S/c19-18(20,32(28,29)30)6-31-17(27)13-8-2-1-7(3-8)12(13)16(26)24-15(25)10-4-9(21)5-11(22)14(10)23/h4-5,7-8,12-13H,1-3,6H2,(H,24,25,26)(H,28,29,30)/p-1. The third-order valence-electron chi connectivity index (χ3n) is 5.71. The highest BCUT2D eigenvalue weighted by atomic mass is 127. The van der Waals surface area contributed by atoms with Gasteiger partial charge in [0.2, 0.25) is 5.91 Å². The van der Waals surface area contributed by atoms with Gasteiger partial charge in [-0.05, 0) is 111 Å². The van der Waals surface area contributed by atoms with Crippen LogP contribution < -0.4 is 5.32 Å². The fourth-order valence-corrected chi connectivity index (χ4v) is 6.92. The van der Waals surface area contributed by atoms with Gasteiger partial charge < -0.3 is 9.29 Å². The molecule has 0 heterocycles. The van der Waals surface area contributed by atoms with Gasteiger partial charge in [0, 0.05) is 10.7 Å². The number of nitrogens with one attached hydrogen (secondary N) is 1. The van der Waals surface area contributed by atoms with Gasteiger partial charge >= 0.3 is 11.2 Å². The second kappa shape index (κ2) is 9.80. The molecule has 2 aliphatic carbocycles. The van der Waals surface area contributed by atoms with E-state index < -0.39 is 51.6 Å². The second-order valence-corrected chi connectivity index (χ2v) is 12.6. The Hall–Kier alpha value is -0.210. The lowest BCUT2D eigenvalue weighted by molar-refractivity contribution is -0.160. The summed E-state index contributed by atoms with van der Waals surface area (Å²) >= 11 is 6.09. The fourth-order valence-electron chi connectivity index (χ4n) is 4.32. The van der Waals surface area contributed by atoms with Crippen LogP contribution in [0.4, 0.5) is 8.78 Å². The Bertz CT molecular complexity index is 1080. The molecule has 14 heteroatoms. The van der Waals surface area contributed by atoms with Crippen LogP contribution in [0.2, 0.25) is 0 Å². The van der Waals surface area contributed by atoms with Gasteiger partial charge in [-0.3, -0.25) is 19.7 Å². The number of benzene rings is 1. The van der Waals surface area contributed by atoms with Crippen molar-refractivity contribution in [3.63, 3.8) is 0 Å². The maximum absolute atomic E-state index is 13.4. The maximum atomic E-state index is 13.4. The number of fused-ring (bicyclic) bond motifs is 2. The summed E-state index contributed by atoms with van der Waals surface area (Å²) in [6.07, 6.45) is 1.69. The van der Waals surface area contributed by atoms with Gasteiger partial charge in [0.15, 0.2) is 16.7 Å². The lowest BCUT2D eigenvalue weighted by Crippen LogP contribution is -2.45. The summed E-state index contributed by atoms with van der Waals surface area (Å²) < 4.78 is 65.3. The third kappa shape index (κ3) is 5.37. The van der Waals surface area contributed by atoms with E-state index in [1.54, 1.807) is 6.07 Å². The fraction of sp³-hybridized carbons (Fsp3) is 0.500. The molecule has 3 rings (SSSR count). The van der Waals surface area contributed by atoms with Crippen LogP contribution in [0, 0.1) is 34.4 Å².